The molecule has 0 aromatic heterocycles. The fourth-order valence-electron chi connectivity index (χ4n) is 3.50. The van der Waals surface area contributed by atoms with Crippen LogP contribution in [-0.4, -0.2) is 37.3 Å². The van der Waals surface area contributed by atoms with Crippen molar-refractivity contribution >= 4 is 17.7 Å². The minimum absolute atomic E-state index is 0.0214. The second kappa shape index (κ2) is 9.52. The molecule has 146 valence electrons. The molecule has 2 aromatic rings. The lowest BCUT2D eigenvalue weighted by Gasteiger charge is -2.26. The number of amides is 1. The van der Waals surface area contributed by atoms with Crippen molar-refractivity contribution in [3.05, 3.63) is 59.2 Å². The summed E-state index contributed by atoms with van der Waals surface area (Å²) in [4.78, 5) is 14.8. The summed E-state index contributed by atoms with van der Waals surface area (Å²) in [6, 6.07) is 15.4. The van der Waals surface area contributed by atoms with Crippen molar-refractivity contribution in [2.75, 3.05) is 26.5 Å². The Morgan fingerprint density at radius 1 is 1.21 bits per heavy atom. The van der Waals surface area contributed by atoms with Gasteiger partial charge in [0.25, 0.3) is 0 Å². The fraction of sp³-hybridized carbons (Fsp3) is 0.364. The van der Waals surface area contributed by atoms with Crippen LogP contribution in [0.25, 0.3) is 0 Å². The van der Waals surface area contributed by atoms with Crippen molar-refractivity contribution in [3.8, 4) is 17.6 Å². The average Bonchev–Trinajstić information content (AvgIpc) is 3.23. The minimum atomic E-state index is 0.0214. The molecule has 1 fully saturated rings. The zero-order chi connectivity index (χ0) is 19.9. The number of rotatable bonds is 7. The van der Waals surface area contributed by atoms with E-state index in [1.165, 1.54) is 0 Å². The molecule has 3 rings (SSSR count). The lowest BCUT2D eigenvalue weighted by molar-refractivity contribution is -0.129. The largest absolute Gasteiger partial charge is 0.497 e. The van der Waals surface area contributed by atoms with Gasteiger partial charge >= 0.3 is 0 Å². The predicted molar refractivity (Wildman–Crippen MR) is 111 cm³/mol. The molecule has 0 saturated carbocycles. The molecule has 1 atom stereocenters. The SMILES string of the molecule is COc1ccc(OC)c(C2CCCN2C(=O)CSCc2ccc(C#N)cc2)c1. The van der Waals surface area contributed by atoms with Crippen LogP contribution in [-0.2, 0) is 10.5 Å². The maximum atomic E-state index is 12.9. The molecule has 0 bridgehead atoms. The first-order valence-corrected chi connectivity index (χ1v) is 10.4. The third kappa shape index (κ3) is 4.60. The average molecular weight is 397 g/mol. The zero-order valence-electron chi connectivity index (χ0n) is 16.2. The van der Waals surface area contributed by atoms with Crippen LogP contribution in [0.4, 0.5) is 0 Å². The van der Waals surface area contributed by atoms with Crippen LogP contribution in [0.15, 0.2) is 42.5 Å². The molecule has 0 spiro atoms. The third-order valence-electron chi connectivity index (χ3n) is 4.95. The Bertz CT molecular complexity index is 861. The molecule has 0 radical (unpaired) electrons. The van der Waals surface area contributed by atoms with Crippen molar-refractivity contribution in [2.45, 2.75) is 24.6 Å². The van der Waals surface area contributed by atoms with Crippen LogP contribution in [0.5, 0.6) is 11.5 Å². The first kappa shape index (κ1) is 20.1. The predicted octanol–water partition coefficient (Wildman–Crippen LogP) is 4.17. The molecule has 1 aliphatic heterocycles. The Hall–Kier alpha value is -2.65. The highest BCUT2D eigenvalue weighted by Crippen LogP contribution is 2.39. The van der Waals surface area contributed by atoms with Gasteiger partial charge in [0.15, 0.2) is 0 Å². The number of likely N-dealkylation sites (tertiary alicyclic amines) is 1. The number of hydrogen-bond acceptors (Lipinski definition) is 5. The normalized spacial score (nSPS) is 15.9. The van der Waals surface area contributed by atoms with Crippen LogP contribution in [0, 0.1) is 11.3 Å². The fourth-order valence-corrected chi connectivity index (χ4v) is 4.37. The number of ether oxygens (including phenoxy) is 2. The van der Waals surface area contributed by atoms with E-state index in [4.69, 9.17) is 14.7 Å². The lowest BCUT2D eigenvalue weighted by Crippen LogP contribution is -2.32. The Kier molecular flexibility index (Phi) is 6.83. The summed E-state index contributed by atoms with van der Waals surface area (Å²) < 4.78 is 10.9. The van der Waals surface area contributed by atoms with Gasteiger partial charge in [-0.25, -0.2) is 0 Å². The van der Waals surface area contributed by atoms with Gasteiger partial charge in [-0.1, -0.05) is 12.1 Å². The molecule has 1 heterocycles. The number of nitriles is 1. The van der Waals surface area contributed by atoms with E-state index in [9.17, 15) is 4.79 Å². The van der Waals surface area contributed by atoms with E-state index in [-0.39, 0.29) is 11.9 Å². The lowest BCUT2D eigenvalue weighted by atomic mass is 10.0. The van der Waals surface area contributed by atoms with Gasteiger partial charge in [0.05, 0.1) is 37.6 Å². The van der Waals surface area contributed by atoms with E-state index < -0.39 is 0 Å². The Balaban J connectivity index is 1.64. The van der Waals surface area contributed by atoms with E-state index in [0.717, 1.165) is 47.8 Å². The molecule has 28 heavy (non-hydrogen) atoms. The summed E-state index contributed by atoms with van der Waals surface area (Å²) in [5.41, 5.74) is 2.77. The number of methoxy groups -OCH3 is 2. The van der Waals surface area contributed by atoms with Gasteiger partial charge in [0.2, 0.25) is 5.91 Å². The Morgan fingerprint density at radius 2 is 2.00 bits per heavy atom. The van der Waals surface area contributed by atoms with Crippen LogP contribution in [0.3, 0.4) is 0 Å². The topological polar surface area (TPSA) is 62.6 Å². The van der Waals surface area contributed by atoms with Crippen LogP contribution in [0.2, 0.25) is 0 Å². The summed E-state index contributed by atoms with van der Waals surface area (Å²) in [5.74, 6) is 2.88. The van der Waals surface area contributed by atoms with E-state index in [2.05, 4.69) is 6.07 Å². The van der Waals surface area contributed by atoms with Crippen LogP contribution >= 0.6 is 11.8 Å². The smallest absolute Gasteiger partial charge is 0.233 e. The maximum absolute atomic E-state index is 12.9. The molecular weight excluding hydrogens is 372 g/mol. The molecular formula is C22H24N2O3S. The molecule has 6 heteroatoms. The summed E-state index contributed by atoms with van der Waals surface area (Å²) in [6.07, 6.45) is 1.91. The van der Waals surface area contributed by atoms with Crippen molar-refractivity contribution in [1.29, 1.82) is 5.26 Å². The molecule has 5 nitrogen and oxygen atoms in total. The van der Waals surface area contributed by atoms with Gasteiger partial charge in [-0.3, -0.25) is 4.79 Å². The third-order valence-corrected chi connectivity index (χ3v) is 5.93. The van der Waals surface area contributed by atoms with E-state index >= 15 is 0 Å². The molecule has 1 saturated heterocycles. The Labute approximate surface area is 170 Å². The summed E-state index contributed by atoms with van der Waals surface area (Å²) in [5, 5.41) is 8.87. The quantitative estimate of drug-likeness (QED) is 0.703. The first-order chi connectivity index (χ1) is 13.7. The Morgan fingerprint density at radius 3 is 2.68 bits per heavy atom. The second-order valence-corrected chi connectivity index (χ2v) is 7.64. The van der Waals surface area contributed by atoms with Crippen molar-refractivity contribution < 1.29 is 14.3 Å². The van der Waals surface area contributed by atoms with Gasteiger partial charge in [-0.2, -0.15) is 5.26 Å². The van der Waals surface area contributed by atoms with Crippen LogP contribution < -0.4 is 9.47 Å². The van der Waals surface area contributed by atoms with Gasteiger partial charge in [0.1, 0.15) is 11.5 Å². The van der Waals surface area contributed by atoms with Gasteiger partial charge in [-0.15, -0.1) is 11.8 Å². The first-order valence-electron chi connectivity index (χ1n) is 9.24. The zero-order valence-corrected chi connectivity index (χ0v) is 17.0. The van der Waals surface area contributed by atoms with E-state index in [1.807, 2.05) is 47.4 Å². The number of nitrogens with zero attached hydrogens (tertiary/aromatic N) is 2. The number of thioether (sulfide) groups is 1. The van der Waals surface area contributed by atoms with Crippen LogP contribution in [0.1, 0.15) is 35.6 Å². The highest BCUT2D eigenvalue weighted by molar-refractivity contribution is 7.99. The standard InChI is InChI=1S/C22H24N2O3S/c1-26-18-9-10-21(27-2)19(12-18)20-4-3-11-24(20)22(25)15-28-14-17-7-5-16(13-23)6-8-17/h5-10,12,20H,3-4,11,14-15H2,1-2H3. The molecule has 0 N–H and O–H groups in total. The summed E-state index contributed by atoms with van der Waals surface area (Å²) >= 11 is 1.60. The van der Waals surface area contributed by atoms with Crippen molar-refractivity contribution in [2.24, 2.45) is 0 Å². The van der Waals surface area contributed by atoms with Gasteiger partial charge in [0, 0.05) is 17.9 Å². The maximum Gasteiger partial charge on any atom is 0.233 e. The molecule has 1 unspecified atom stereocenters. The van der Waals surface area contributed by atoms with E-state index in [1.54, 1.807) is 26.0 Å². The van der Waals surface area contributed by atoms with Gasteiger partial charge in [-0.05, 0) is 48.7 Å². The van der Waals surface area contributed by atoms with Gasteiger partial charge < -0.3 is 14.4 Å². The molecule has 2 aromatic carbocycles. The van der Waals surface area contributed by atoms with Crippen molar-refractivity contribution in [1.82, 2.24) is 4.90 Å². The highest BCUT2D eigenvalue weighted by atomic mass is 32.2. The summed E-state index contributed by atoms with van der Waals surface area (Å²) in [6.45, 7) is 0.765. The molecule has 1 amide bonds. The number of carbonyl (C=O) groups excluding carboxylic acids is 1. The van der Waals surface area contributed by atoms with Crippen molar-refractivity contribution in [3.63, 3.8) is 0 Å². The number of benzene rings is 2. The monoisotopic (exact) mass is 396 g/mol. The highest BCUT2D eigenvalue weighted by Gasteiger charge is 2.31. The number of hydrogen-bond donors (Lipinski definition) is 0. The molecule has 1 aliphatic rings. The van der Waals surface area contributed by atoms with E-state index in [0.29, 0.717) is 11.3 Å². The number of carbonyl (C=O) groups is 1. The minimum Gasteiger partial charge on any atom is -0.497 e. The second-order valence-electron chi connectivity index (χ2n) is 6.65. The summed E-state index contributed by atoms with van der Waals surface area (Å²) in [7, 11) is 3.29. The molecule has 0 aliphatic carbocycles.